The van der Waals surface area contributed by atoms with E-state index in [1.54, 1.807) is 24.4 Å². The molecule has 1 amide bonds. The van der Waals surface area contributed by atoms with Gasteiger partial charge in [-0.2, -0.15) is 9.78 Å². The zero-order chi connectivity index (χ0) is 31.7. The number of piperazine rings is 1. The summed E-state index contributed by atoms with van der Waals surface area (Å²) in [4.78, 5) is 63.9. The van der Waals surface area contributed by atoms with Crippen molar-refractivity contribution >= 4 is 35.3 Å². The largest absolute Gasteiger partial charge is 0.495 e. The van der Waals surface area contributed by atoms with Gasteiger partial charge in [-0.05, 0) is 28.6 Å². The number of pyridine rings is 2. The summed E-state index contributed by atoms with van der Waals surface area (Å²) in [5.41, 5.74) is 1.12. The lowest BCUT2D eigenvalue weighted by Gasteiger charge is -2.34. The number of anilines is 2. The molecule has 1 fully saturated rings. The van der Waals surface area contributed by atoms with Gasteiger partial charge in [0.15, 0.2) is 5.82 Å². The maximum atomic E-state index is 13.8. The minimum atomic E-state index is -1.16. The third-order valence-electron chi connectivity index (χ3n) is 7.55. The van der Waals surface area contributed by atoms with Gasteiger partial charge in [-0.3, -0.25) is 23.9 Å². The van der Waals surface area contributed by atoms with E-state index in [9.17, 15) is 24.3 Å². The van der Waals surface area contributed by atoms with E-state index in [-0.39, 0.29) is 42.5 Å². The Bertz CT molecular complexity index is 1770. The van der Waals surface area contributed by atoms with Crippen LogP contribution in [-0.4, -0.2) is 125 Å². The van der Waals surface area contributed by atoms with Gasteiger partial charge in [-0.1, -0.05) is 11.2 Å². The zero-order valence-corrected chi connectivity index (χ0v) is 23.9. The number of carbonyl (C=O) groups excluding carboxylic acids is 2. The highest BCUT2D eigenvalue weighted by Crippen LogP contribution is 2.47. The highest BCUT2D eigenvalue weighted by Gasteiger charge is 2.43. The van der Waals surface area contributed by atoms with Gasteiger partial charge in [0.1, 0.15) is 30.2 Å². The summed E-state index contributed by atoms with van der Waals surface area (Å²) in [5, 5.41) is 35.0. The van der Waals surface area contributed by atoms with E-state index in [1.807, 2.05) is 11.0 Å². The van der Waals surface area contributed by atoms with Crippen molar-refractivity contribution in [2.45, 2.75) is 12.5 Å². The number of tetrazole rings is 1. The van der Waals surface area contributed by atoms with Gasteiger partial charge in [-0.15, -0.1) is 0 Å². The average molecular weight is 618 g/mol. The molecule has 232 valence electrons. The number of hydrogen-bond donors (Lipinski definition) is 2. The first-order valence-electron chi connectivity index (χ1n) is 13.8. The van der Waals surface area contributed by atoms with Gasteiger partial charge >= 0.3 is 11.9 Å². The Kier molecular flexibility index (Phi) is 7.76. The standard InChI is InChI=1S/C27H27N11O7/c1-45-18-12-29-23(17-5-7-37(31-17)15-21(41)42)24-22(18)16(13-36(24)14-20(39)40)25(43)26(44)34-8-10-35(11-9-34)27-30-32-33-38(27)19-4-2-3-6-28-19/h2-7,12,16H,8-11,13-15H2,1H3,(H,39,40)(H,41,42). The Morgan fingerprint density at radius 2 is 1.78 bits per heavy atom. The lowest BCUT2D eigenvalue weighted by molar-refractivity contribution is -0.145. The molecule has 1 saturated heterocycles. The SMILES string of the molecule is COc1cnc(-c2ccn(CC(=O)O)n2)c2c1C(C(=O)C(=O)N1CCN(c3nnnn3-c3ccccn3)CC1)CN2CC(=O)O. The summed E-state index contributed by atoms with van der Waals surface area (Å²) in [5.74, 6) is -3.52. The maximum Gasteiger partial charge on any atom is 0.325 e. The molecule has 1 atom stereocenters. The molecule has 4 aromatic rings. The number of carboxylic acids is 2. The molecule has 18 heteroatoms. The van der Waals surface area contributed by atoms with Crippen LogP contribution in [0.25, 0.3) is 17.2 Å². The lowest BCUT2D eigenvalue weighted by atomic mass is 9.94. The summed E-state index contributed by atoms with van der Waals surface area (Å²) < 4.78 is 8.22. The van der Waals surface area contributed by atoms with Crippen molar-refractivity contribution in [3.63, 3.8) is 0 Å². The average Bonchev–Trinajstić information content (AvgIpc) is 3.80. The minimum absolute atomic E-state index is 0.101. The summed E-state index contributed by atoms with van der Waals surface area (Å²) in [6.07, 6.45) is 4.46. The van der Waals surface area contributed by atoms with Crippen molar-refractivity contribution in [2.75, 3.05) is 56.2 Å². The number of Topliss-reactive ketones (excluding diaryl/α,β-unsaturated/α-hetero) is 1. The highest BCUT2D eigenvalue weighted by molar-refractivity contribution is 6.38. The number of carbonyl (C=O) groups is 4. The third kappa shape index (κ3) is 5.59. The first-order chi connectivity index (χ1) is 21.7. The van der Waals surface area contributed by atoms with E-state index in [0.29, 0.717) is 30.4 Å². The van der Waals surface area contributed by atoms with Crippen LogP contribution in [0.5, 0.6) is 5.75 Å². The number of methoxy groups -OCH3 is 1. The molecule has 4 aromatic heterocycles. The topological polar surface area (TPSA) is 215 Å². The fraction of sp³-hybridized carbons (Fsp3) is 0.333. The molecule has 0 bridgehead atoms. The normalized spacial score (nSPS) is 16.0. The van der Waals surface area contributed by atoms with Crippen LogP contribution in [0.1, 0.15) is 11.5 Å². The van der Waals surface area contributed by atoms with Crippen LogP contribution in [0.15, 0.2) is 42.9 Å². The second kappa shape index (κ2) is 12.0. The van der Waals surface area contributed by atoms with Crippen LogP contribution in [-0.2, 0) is 25.7 Å². The summed E-state index contributed by atoms with van der Waals surface area (Å²) >= 11 is 0. The van der Waals surface area contributed by atoms with Gasteiger partial charge in [0.05, 0.1) is 24.9 Å². The quantitative estimate of drug-likeness (QED) is 0.211. The molecule has 2 aliphatic heterocycles. The van der Waals surface area contributed by atoms with E-state index < -0.39 is 42.6 Å². The van der Waals surface area contributed by atoms with E-state index in [2.05, 4.69) is 30.6 Å². The number of carboxylic acid groups (broad SMARTS) is 2. The first-order valence-corrected chi connectivity index (χ1v) is 13.8. The number of rotatable bonds is 10. The number of aromatic nitrogens is 8. The fourth-order valence-corrected chi connectivity index (χ4v) is 5.56. The molecule has 6 rings (SSSR count). The molecule has 45 heavy (non-hydrogen) atoms. The van der Waals surface area contributed by atoms with Gasteiger partial charge in [0, 0.05) is 50.7 Å². The smallest absolute Gasteiger partial charge is 0.325 e. The molecule has 6 heterocycles. The van der Waals surface area contributed by atoms with Crippen molar-refractivity contribution in [2.24, 2.45) is 0 Å². The molecular weight excluding hydrogens is 590 g/mol. The molecule has 0 saturated carbocycles. The van der Waals surface area contributed by atoms with Gasteiger partial charge in [0.2, 0.25) is 5.78 Å². The Labute approximate surface area is 254 Å². The first kappa shape index (κ1) is 29.1. The fourth-order valence-electron chi connectivity index (χ4n) is 5.56. The number of ether oxygens (including phenoxy) is 1. The van der Waals surface area contributed by atoms with Crippen LogP contribution in [0.2, 0.25) is 0 Å². The molecule has 1 unspecified atom stereocenters. The number of aliphatic carboxylic acids is 2. The second-order valence-corrected chi connectivity index (χ2v) is 10.3. The molecule has 0 radical (unpaired) electrons. The van der Waals surface area contributed by atoms with Crippen LogP contribution in [0.3, 0.4) is 0 Å². The van der Waals surface area contributed by atoms with Crippen LogP contribution in [0.4, 0.5) is 11.6 Å². The molecule has 18 nitrogen and oxygen atoms in total. The monoisotopic (exact) mass is 617 g/mol. The van der Waals surface area contributed by atoms with Crippen LogP contribution in [0, 0.1) is 0 Å². The second-order valence-electron chi connectivity index (χ2n) is 10.3. The van der Waals surface area contributed by atoms with E-state index in [0.717, 1.165) is 0 Å². The molecule has 0 aromatic carbocycles. The van der Waals surface area contributed by atoms with Crippen molar-refractivity contribution in [3.05, 3.63) is 48.4 Å². The molecule has 2 aliphatic rings. The van der Waals surface area contributed by atoms with Gasteiger partial charge < -0.3 is 29.6 Å². The molecule has 2 N–H and O–H groups in total. The number of amides is 1. The van der Waals surface area contributed by atoms with Crippen molar-refractivity contribution in [3.8, 4) is 23.0 Å². The van der Waals surface area contributed by atoms with E-state index in [1.165, 1.54) is 38.7 Å². The Morgan fingerprint density at radius 1 is 1.00 bits per heavy atom. The van der Waals surface area contributed by atoms with Gasteiger partial charge in [0.25, 0.3) is 11.9 Å². The van der Waals surface area contributed by atoms with Crippen LogP contribution >= 0.6 is 0 Å². The number of nitrogens with zero attached hydrogens (tertiary/aromatic N) is 11. The predicted octanol–water partition coefficient (Wildman–Crippen LogP) is -0.685. The predicted molar refractivity (Wildman–Crippen MR) is 153 cm³/mol. The number of fused-ring (bicyclic) bond motifs is 1. The number of ketones is 1. The molecular formula is C27H27N11O7. The van der Waals surface area contributed by atoms with Crippen molar-refractivity contribution in [1.29, 1.82) is 0 Å². The van der Waals surface area contributed by atoms with Crippen molar-refractivity contribution in [1.82, 2.24) is 44.9 Å². The summed E-state index contributed by atoms with van der Waals surface area (Å²) in [6.45, 7) is 0.181. The van der Waals surface area contributed by atoms with Crippen LogP contribution < -0.4 is 14.5 Å². The Morgan fingerprint density at radius 3 is 2.47 bits per heavy atom. The Balaban J connectivity index is 1.25. The van der Waals surface area contributed by atoms with Gasteiger partial charge in [-0.25, -0.2) is 9.97 Å². The molecule has 0 aliphatic carbocycles. The number of hydrogen-bond acceptors (Lipinski definition) is 13. The third-order valence-corrected chi connectivity index (χ3v) is 7.55. The lowest BCUT2D eigenvalue weighted by Crippen LogP contribution is -2.52. The minimum Gasteiger partial charge on any atom is -0.495 e. The Hall–Kier alpha value is -5.94. The summed E-state index contributed by atoms with van der Waals surface area (Å²) in [7, 11) is 1.39. The van der Waals surface area contributed by atoms with E-state index >= 15 is 0 Å². The summed E-state index contributed by atoms with van der Waals surface area (Å²) in [6, 6.07) is 6.90. The maximum absolute atomic E-state index is 13.8. The van der Waals surface area contributed by atoms with Crippen molar-refractivity contribution < 1.29 is 34.1 Å². The van der Waals surface area contributed by atoms with E-state index in [4.69, 9.17) is 9.84 Å². The highest BCUT2D eigenvalue weighted by atomic mass is 16.5. The zero-order valence-electron chi connectivity index (χ0n) is 23.9. The molecule has 0 spiro atoms.